The molecule has 0 bridgehead atoms. The SMILES string of the molecule is CCC(=O)c1ccc2c(c1)nc(-c1ccccc1C#N)n2[C@H]1CCC[C@@H](C(=O)Nc2ccccc2)C1. The monoisotopic (exact) mass is 476 g/mol. The molecule has 1 saturated carbocycles. The predicted molar refractivity (Wildman–Crippen MR) is 141 cm³/mol. The van der Waals surface area contributed by atoms with Crippen LogP contribution in [0, 0.1) is 17.2 Å². The molecule has 4 aromatic rings. The second-order valence-corrected chi connectivity index (χ2v) is 9.32. The third-order valence-electron chi connectivity index (χ3n) is 7.04. The maximum absolute atomic E-state index is 13.1. The Labute approximate surface area is 210 Å². The first-order valence-corrected chi connectivity index (χ1v) is 12.5. The zero-order chi connectivity index (χ0) is 25.1. The minimum absolute atomic E-state index is 0.0325. The van der Waals surface area contributed by atoms with Crippen LogP contribution in [-0.4, -0.2) is 21.2 Å². The van der Waals surface area contributed by atoms with Gasteiger partial charge in [0.1, 0.15) is 5.82 Å². The summed E-state index contributed by atoms with van der Waals surface area (Å²) in [7, 11) is 0. The topological polar surface area (TPSA) is 87.8 Å². The van der Waals surface area contributed by atoms with E-state index in [1.807, 2.05) is 73.7 Å². The molecule has 0 radical (unpaired) electrons. The number of para-hydroxylation sites is 1. The summed E-state index contributed by atoms with van der Waals surface area (Å²) in [6, 6.07) is 25.0. The van der Waals surface area contributed by atoms with Gasteiger partial charge in [-0.05, 0) is 61.7 Å². The Kier molecular flexibility index (Phi) is 6.64. The fourth-order valence-electron chi connectivity index (χ4n) is 5.21. The number of benzene rings is 3. The van der Waals surface area contributed by atoms with E-state index in [1.165, 1.54) is 0 Å². The van der Waals surface area contributed by atoms with Crippen molar-refractivity contribution < 1.29 is 9.59 Å². The first-order valence-electron chi connectivity index (χ1n) is 12.5. The van der Waals surface area contributed by atoms with Crippen molar-refractivity contribution in [2.24, 2.45) is 5.92 Å². The standard InChI is InChI=1S/C30H28N4O2/c1-2-28(35)20-15-16-27-26(18-20)33-29(25-14-7-6-9-22(25)19-31)34(27)24-13-8-10-21(17-24)30(36)32-23-11-4-3-5-12-23/h3-7,9,11-12,14-16,18,21,24H,2,8,10,13,17H2,1H3,(H,32,36)/t21-,24+/m1/s1. The van der Waals surface area contributed by atoms with Crippen LogP contribution in [0.1, 0.15) is 61.0 Å². The molecule has 180 valence electrons. The Morgan fingerprint density at radius 2 is 1.83 bits per heavy atom. The number of anilines is 1. The number of nitrogens with zero attached hydrogens (tertiary/aromatic N) is 3. The van der Waals surface area contributed by atoms with Crippen LogP contribution in [-0.2, 0) is 4.79 Å². The van der Waals surface area contributed by atoms with Crippen molar-refractivity contribution in [1.29, 1.82) is 5.26 Å². The molecule has 0 spiro atoms. The number of imidazole rings is 1. The first kappa shape index (κ1) is 23.5. The summed E-state index contributed by atoms with van der Waals surface area (Å²) in [5.41, 5.74) is 4.39. The number of hydrogen-bond acceptors (Lipinski definition) is 4. The number of Topliss-reactive ketones (excluding diaryl/α,β-unsaturated/α-hetero) is 1. The molecule has 1 aliphatic rings. The summed E-state index contributed by atoms with van der Waals surface area (Å²) in [6.45, 7) is 1.85. The number of carbonyl (C=O) groups is 2. The summed E-state index contributed by atoms with van der Waals surface area (Å²) < 4.78 is 2.19. The van der Waals surface area contributed by atoms with E-state index >= 15 is 0 Å². The molecule has 36 heavy (non-hydrogen) atoms. The molecule has 1 amide bonds. The largest absolute Gasteiger partial charge is 0.326 e. The molecule has 0 unspecified atom stereocenters. The van der Waals surface area contributed by atoms with Crippen molar-refractivity contribution in [3.63, 3.8) is 0 Å². The summed E-state index contributed by atoms with van der Waals surface area (Å²) in [5.74, 6) is 0.685. The lowest BCUT2D eigenvalue weighted by Crippen LogP contribution is -2.29. The minimum atomic E-state index is -0.124. The second kappa shape index (κ2) is 10.2. The van der Waals surface area contributed by atoms with E-state index in [4.69, 9.17) is 4.98 Å². The molecule has 6 heteroatoms. The number of aromatic nitrogens is 2. The number of carbonyl (C=O) groups excluding carboxylic acids is 2. The van der Waals surface area contributed by atoms with Gasteiger partial charge in [-0.1, -0.05) is 43.7 Å². The van der Waals surface area contributed by atoms with Crippen molar-refractivity contribution in [2.75, 3.05) is 5.32 Å². The number of ketones is 1. The number of nitrogens with one attached hydrogen (secondary N) is 1. The molecule has 1 heterocycles. The summed E-state index contributed by atoms with van der Waals surface area (Å²) in [4.78, 5) is 30.4. The molecule has 3 aromatic carbocycles. The number of nitriles is 1. The van der Waals surface area contributed by atoms with Crippen LogP contribution < -0.4 is 5.32 Å². The van der Waals surface area contributed by atoms with Crippen LogP contribution in [0.4, 0.5) is 5.69 Å². The molecule has 0 saturated heterocycles. The maximum Gasteiger partial charge on any atom is 0.227 e. The number of amides is 1. The molecule has 5 rings (SSSR count). The van der Waals surface area contributed by atoms with E-state index in [-0.39, 0.29) is 23.7 Å². The third-order valence-corrected chi connectivity index (χ3v) is 7.04. The van der Waals surface area contributed by atoms with Crippen LogP contribution >= 0.6 is 0 Å². The first-order chi connectivity index (χ1) is 17.6. The summed E-state index contributed by atoms with van der Waals surface area (Å²) in [6.07, 6.45) is 3.78. The Balaban J connectivity index is 1.56. The number of fused-ring (bicyclic) bond motifs is 1. The molecular formula is C30H28N4O2. The quantitative estimate of drug-likeness (QED) is 0.320. The van der Waals surface area contributed by atoms with E-state index < -0.39 is 0 Å². The predicted octanol–water partition coefficient (Wildman–Crippen LogP) is 6.54. The number of hydrogen-bond donors (Lipinski definition) is 1. The van der Waals surface area contributed by atoms with Gasteiger partial charge in [-0.15, -0.1) is 0 Å². The van der Waals surface area contributed by atoms with Crippen molar-refractivity contribution in [2.45, 2.75) is 45.1 Å². The Hall–Kier alpha value is -4.24. The molecule has 1 N–H and O–H groups in total. The normalized spacial score (nSPS) is 17.4. The highest BCUT2D eigenvalue weighted by Gasteiger charge is 2.31. The minimum Gasteiger partial charge on any atom is -0.326 e. The van der Waals surface area contributed by atoms with E-state index in [0.717, 1.165) is 41.5 Å². The fourth-order valence-corrected chi connectivity index (χ4v) is 5.21. The lowest BCUT2D eigenvalue weighted by Gasteiger charge is -2.31. The molecule has 2 atom stereocenters. The Bertz CT molecular complexity index is 1470. The third kappa shape index (κ3) is 4.52. The van der Waals surface area contributed by atoms with Gasteiger partial charge in [-0.2, -0.15) is 5.26 Å². The average molecular weight is 477 g/mol. The highest BCUT2D eigenvalue weighted by molar-refractivity contribution is 5.99. The molecule has 1 aromatic heterocycles. The van der Waals surface area contributed by atoms with Crippen LogP contribution in [0.2, 0.25) is 0 Å². The van der Waals surface area contributed by atoms with Crippen molar-refractivity contribution >= 4 is 28.4 Å². The van der Waals surface area contributed by atoms with Crippen molar-refractivity contribution in [3.8, 4) is 17.5 Å². The second-order valence-electron chi connectivity index (χ2n) is 9.32. The fraction of sp³-hybridized carbons (Fsp3) is 0.267. The smallest absolute Gasteiger partial charge is 0.227 e. The van der Waals surface area contributed by atoms with Crippen LogP contribution in [0.25, 0.3) is 22.4 Å². The van der Waals surface area contributed by atoms with Gasteiger partial charge in [0.25, 0.3) is 0 Å². The lowest BCUT2D eigenvalue weighted by molar-refractivity contribution is -0.121. The van der Waals surface area contributed by atoms with Gasteiger partial charge >= 0.3 is 0 Å². The molecular weight excluding hydrogens is 448 g/mol. The Morgan fingerprint density at radius 3 is 2.61 bits per heavy atom. The maximum atomic E-state index is 13.1. The van der Waals surface area contributed by atoms with Crippen LogP contribution in [0.3, 0.4) is 0 Å². The summed E-state index contributed by atoms with van der Waals surface area (Å²) in [5, 5.41) is 12.8. The van der Waals surface area contributed by atoms with Crippen molar-refractivity contribution in [3.05, 3.63) is 83.9 Å². The van der Waals surface area contributed by atoms with E-state index in [2.05, 4.69) is 16.0 Å². The van der Waals surface area contributed by atoms with E-state index in [0.29, 0.717) is 29.8 Å². The van der Waals surface area contributed by atoms with E-state index in [9.17, 15) is 14.9 Å². The highest BCUT2D eigenvalue weighted by atomic mass is 16.2. The van der Waals surface area contributed by atoms with Crippen LogP contribution in [0.5, 0.6) is 0 Å². The van der Waals surface area contributed by atoms with Crippen molar-refractivity contribution in [1.82, 2.24) is 9.55 Å². The van der Waals surface area contributed by atoms with Gasteiger partial charge in [0, 0.05) is 35.2 Å². The van der Waals surface area contributed by atoms with Gasteiger partial charge in [-0.25, -0.2) is 4.98 Å². The highest BCUT2D eigenvalue weighted by Crippen LogP contribution is 2.39. The van der Waals surface area contributed by atoms with Gasteiger partial charge in [0.15, 0.2) is 5.78 Å². The zero-order valence-corrected chi connectivity index (χ0v) is 20.3. The lowest BCUT2D eigenvalue weighted by atomic mass is 9.84. The molecule has 1 aliphatic carbocycles. The van der Waals surface area contributed by atoms with Gasteiger partial charge in [0.05, 0.1) is 22.7 Å². The van der Waals surface area contributed by atoms with Gasteiger partial charge < -0.3 is 9.88 Å². The number of rotatable bonds is 6. The Morgan fingerprint density at radius 1 is 1.06 bits per heavy atom. The summed E-state index contributed by atoms with van der Waals surface area (Å²) >= 11 is 0. The zero-order valence-electron chi connectivity index (χ0n) is 20.3. The average Bonchev–Trinajstić information content (AvgIpc) is 3.31. The molecule has 1 fully saturated rings. The van der Waals surface area contributed by atoms with Crippen LogP contribution in [0.15, 0.2) is 72.8 Å². The van der Waals surface area contributed by atoms with Gasteiger partial charge in [0.2, 0.25) is 5.91 Å². The molecule has 6 nitrogen and oxygen atoms in total. The van der Waals surface area contributed by atoms with E-state index in [1.54, 1.807) is 6.07 Å². The molecule has 0 aliphatic heterocycles. The van der Waals surface area contributed by atoms with Gasteiger partial charge in [-0.3, -0.25) is 9.59 Å².